The van der Waals surface area contributed by atoms with Crippen LogP contribution in [-0.4, -0.2) is 53.7 Å². The molecule has 1 aromatic heterocycles. The van der Waals surface area contributed by atoms with Gasteiger partial charge in [-0.15, -0.1) is 0 Å². The second-order valence-electron chi connectivity index (χ2n) is 5.50. The van der Waals surface area contributed by atoms with Crippen molar-refractivity contribution in [2.45, 2.75) is 19.9 Å². The molecule has 1 fully saturated rings. The molecular weight excluding hydrogens is 272 g/mol. The van der Waals surface area contributed by atoms with Gasteiger partial charge < -0.3 is 10.1 Å². The highest BCUT2D eigenvalue weighted by atomic mass is 16.6. The molecule has 1 atom stereocenters. The van der Waals surface area contributed by atoms with Crippen molar-refractivity contribution >= 4 is 11.5 Å². The van der Waals surface area contributed by atoms with Crippen LogP contribution in [0.3, 0.4) is 0 Å². The number of anilines is 1. The van der Waals surface area contributed by atoms with Gasteiger partial charge in [-0.25, -0.2) is 4.98 Å². The third-order valence-electron chi connectivity index (χ3n) is 3.74. The van der Waals surface area contributed by atoms with Crippen LogP contribution >= 0.6 is 0 Å². The third-order valence-corrected chi connectivity index (χ3v) is 3.74. The first-order valence-corrected chi connectivity index (χ1v) is 7.24. The van der Waals surface area contributed by atoms with Gasteiger partial charge >= 0.3 is 0 Å². The van der Waals surface area contributed by atoms with Gasteiger partial charge in [0.2, 0.25) is 0 Å². The summed E-state index contributed by atoms with van der Waals surface area (Å²) in [6, 6.07) is 3.51. The molecule has 0 amide bonds. The van der Waals surface area contributed by atoms with E-state index in [-0.39, 0.29) is 5.69 Å². The van der Waals surface area contributed by atoms with Crippen LogP contribution in [0, 0.1) is 16.0 Å². The first-order chi connectivity index (χ1) is 10.1. The monoisotopic (exact) mass is 294 g/mol. The van der Waals surface area contributed by atoms with E-state index in [0.717, 1.165) is 32.8 Å². The number of pyridine rings is 1. The fraction of sp³-hybridized carbons (Fsp3) is 0.643. The van der Waals surface area contributed by atoms with Crippen molar-refractivity contribution < 1.29 is 9.66 Å². The standard InChI is InChI=1S/C14H22N4O3/c1-11(2)13(17-5-7-21-8-6-17)10-16-14-4-3-12(9-15-14)18(19)20/h3-4,9,11,13H,5-8,10H2,1-2H3,(H,15,16). The Morgan fingerprint density at radius 3 is 2.67 bits per heavy atom. The van der Waals surface area contributed by atoms with Gasteiger partial charge in [0, 0.05) is 31.7 Å². The van der Waals surface area contributed by atoms with Crippen LogP contribution in [-0.2, 0) is 4.74 Å². The van der Waals surface area contributed by atoms with Crippen molar-refractivity contribution in [2.75, 3.05) is 38.2 Å². The van der Waals surface area contributed by atoms with Crippen molar-refractivity contribution in [3.63, 3.8) is 0 Å². The average molecular weight is 294 g/mol. The number of nitrogens with zero attached hydrogens (tertiary/aromatic N) is 3. The molecular formula is C14H22N4O3. The topological polar surface area (TPSA) is 80.5 Å². The Bertz CT molecular complexity index is 458. The zero-order chi connectivity index (χ0) is 15.2. The summed E-state index contributed by atoms with van der Waals surface area (Å²) in [5.74, 6) is 1.17. The number of morpholine rings is 1. The third kappa shape index (κ3) is 4.37. The minimum absolute atomic E-state index is 0.00846. The molecule has 0 bridgehead atoms. The Kier molecular flexibility index (Phi) is 5.46. The molecule has 1 N–H and O–H groups in total. The number of rotatable bonds is 6. The molecule has 2 rings (SSSR count). The predicted molar refractivity (Wildman–Crippen MR) is 80.4 cm³/mol. The number of ether oxygens (including phenoxy) is 1. The van der Waals surface area contributed by atoms with Crippen LogP contribution in [0.2, 0.25) is 0 Å². The number of nitro groups is 1. The highest BCUT2D eigenvalue weighted by Gasteiger charge is 2.23. The Morgan fingerprint density at radius 2 is 2.14 bits per heavy atom. The maximum absolute atomic E-state index is 10.6. The molecule has 2 heterocycles. The molecule has 7 nitrogen and oxygen atoms in total. The summed E-state index contributed by atoms with van der Waals surface area (Å²) in [7, 11) is 0. The summed E-state index contributed by atoms with van der Waals surface area (Å²) >= 11 is 0. The molecule has 1 aliphatic heterocycles. The molecule has 116 valence electrons. The lowest BCUT2D eigenvalue weighted by molar-refractivity contribution is -0.385. The number of hydrogen-bond donors (Lipinski definition) is 1. The Hall–Kier alpha value is -1.73. The van der Waals surface area contributed by atoms with Gasteiger partial charge in [-0.1, -0.05) is 13.8 Å². The first kappa shape index (κ1) is 15.7. The quantitative estimate of drug-likeness (QED) is 0.636. The molecule has 0 saturated carbocycles. The molecule has 0 aromatic carbocycles. The van der Waals surface area contributed by atoms with E-state index in [1.165, 1.54) is 12.3 Å². The number of nitrogens with one attached hydrogen (secondary N) is 1. The fourth-order valence-electron chi connectivity index (χ4n) is 2.50. The maximum Gasteiger partial charge on any atom is 0.287 e. The summed E-state index contributed by atoms with van der Waals surface area (Å²) in [6.45, 7) is 8.60. The van der Waals surface area contributed by atoms with Crippen molar-refractivity contribution in [1.82, 2.24) is 9.88 Å². The Labute approximate surface area is 124 Å². The van der Waals surface area contributed by atoms with Gasteiger partial charge in [-0.3, -0.25) is 15.0 Å². The van der Waals surface area contributed by atoms with Crippen LogP contribution < -0.4 is 5.32 Å². The van der Waals surface area contributed by atoms with E-state index in [4.69, 9.17) is 4.74 Å². The highest BCUT2D eigenvalue weighted by molar-refractivity contribution is 5.40. The smallest absolute Gasteiger partial charge is 0.287 e. The summed E-state index contributed by atoms with van der Waals surface area (Å²) in [6.07, 6.45) is 1.28. The summed E-state index contributed by atoms with van der Waals surface area (Å²) in [4.78, 5) is 16.7. The normalized spacial score (nSPS) is 17.7. The van der Waals surface area contributed by atoms with Gasteiger partial charge in [0.25, 0.3) is 5.69 Å². The molecule has 0 aliphatic carbocycles. The summed E-state index contributed by atoms with van der Waals surface area (Å²) < 4.78 is 5.39. The van der Waals surface area contributed by atoms with E-state index in [9.17, 15) is 10.1 Å². The largest absolute Gasteiger partial charge is 0.379 e. The zero-order valence-electron chi connectivity index (χ0n) is 12.5. The predicted octanol–water partition coefficient (Wildman–Crippen LogP) is 1.76. The van der Waals surface area contributed by atoms with E-state index < -0.39 is 4.92 Å². The summed E-state index contributed by atoms with van der Waals surface area (Å²) in [5.41, 5.74) is 0.00846. The second kappa shape index (κ2) is 7.33. The van der Waals surface area contributed by atoms with Crippen LogP contribution in [0.4, 0.5) is 11.5 Å². The second-order valence-corrected chi connectivity index (χ2v) is 5.50. The lowest BCUT2D eigenvalue weighted by Gasteiger charge is -2.37. The number of aromatic nitrogens is 1. The number of hydrogen-bond acceptors (Lipinski definition) is 6. The van der Waals surface area contributed by atoms with Crippen molar-refractivity contribution in [1.29, 1.82) is 0 Å². The van der Waals surface area contributed by atoms with Crippen LogP contribution in [0.5, 0.6) is 0 Å². The first-order valence-electron chi connectivity index (χ1n) is 7.24. The zero-order valence-corrected chi connectivity index (χ0v) is 12.5. The van der Waals surface area contributed by atoms with Crippen molar-refractivity contribution in [3.8, 4) is 0 Å². The minimum Gasteiger partial charge on any atom is -0.379 e. The Morgan fingerprint density at radius 1 is 1.43 bits per heavy atom. The van der Waals surface area contributed by atoms with Gasteiger partial charge in [0.05, 0.1) is 18.1 Å². The van der Waals surface area contributed by atoms with E-state index >= 15 is 0 Å². The van der Waals surface area contributed by atoms with Crippen LogP contribution in [0.1, 0.15) is 13.8 Å². The van der Waals surface area contributed by atoms with E-state index in [2.05, 4.69) is 29.0 Å². The fourth-order valence-corrected chi connectivity index (χ4v) is 2.50. The lowest BCUT2D eigenvalue weighted by atomic mass is 10.0. The van der Waals surface area contributed by atoms with Crippen LogP contribution in [0.15, 0.2) is 18.3 Å². The van der Waals surface area contributed by atoms with Crippen LogP contribution in [0.25, 0.3) is 0 Å². The molecule has 1 unspecified atom stereocenters. The molecule has 1 aliphatic rings. The van der Waals surface area contributed by atoms with Gasteiger partial charge in [0.15, 0.2) is 0 Å². The molecule has 1 aromatic rings. The van der Waals surface area contributed by atoms with Gasteiger partial charge in [0.1, 0.15) is 12.0 Å². The Balaban J connectivity index is 1.93. The molecule has 0 radical (unpaired) electrons. The van der Waals surface area contributed by atoms with Gasteiger partial charge in [-0.2, -0.15) is 0 Å². The average Bonchev–Trinajstić information content (AvgIpc) is 2.48. The molecule has 1 saturated heterocycles. The molecule has 0 spiro atoms. The van der Waals surface area contributed by atoms with E-state index in [1.54, 1.807) is 6.07 Å². The maximum atomic E-state index is 10.6. The van der Waals surface area contributed by atoms with Crippen molar-refractivity contribution in [3.05, 3.63) is 28.4 Å². The molecule has 7 heteroatoms. The van der Waals surface area contributed by atoms with E-state index in [1.807, 2.05) is 0 Å². The van der Waals surface area contributed by atoms with Crippen molar-refractivity contribution in [2.24, 2.45) is 5.92 Å². The minimum atomic E-state index is -0.443. The molecule has 21 heavy (non-hydrogen) atoms. The van der Waals surface area contributed by atoms with E-state index in [0.29, 0.717) is 17.8 Å². The van der Waals surface area contributed by atoms with Gasteiger partial charge in [-0.05, 0) is 12.0 Å². The lowest BCUT2D eigenvalue weighted by Crippen LogP contribution is -2.49. The highest BCUT2D eigenvalue weighted by Crippen LogP contribution is 2.15. The SMILES string of the molecule is CC(C)C(CNc1ccc([N+](=O)[O-])cn1)N1CCOCC1. The summed E-state index contributed by atoms with van der Waals surface area (Å²) in [5, 5.41) is 13.9.